The zero-order valence-corrected chi connectivity index (χ0v) is 8.51. The van der Waals surface area contributed by atoms with Crippen molar-refractivity contribution in [3.05, 3.63) is 47.8 Å². The normalized spacial score (nSPS) is 20.8. The number of hydrogen-bond donors (Lipinski definition) is 3. The molecule has 1 aromatic heterocycles. The molecule has 2 heterocycles. The standard InChI is InChI=1S/C12H11N3O/c16-12-10(7-8-5-6-13-15-8)9-3-1-2-4-11(9)14-12/h1-7,12,14,16H,(H,13,15)/b10-7-. The molecule has 4 heteroatoms. The molecule has 80 valence electrons. The third-order valence-corrected chi connectivity index (χ3v) is 2.66. The van der Waals surface area contributed by atoms with Gasteiger partial charge in [-0.05, 0) is 18.2 Å². The molecular formula is C12H11N3O. The van der Waals surface area contributed by atoms with Crippen LogP contribution < -0.4 is 5.32 Å². The minimum absolute atomic E-state index is 0.652. The third-order valence-electron chi connectivity index (χ3n) is 2.66. The van der Waals surface area contributed by atoms with E-state index in [1.807, 2.05) is 36.4 Å². The second kappa shape index (κ2) is 3.50. The van der Waals surface area contributed by atoms with E-state index in [1.165, 1.54) is 0 Å². The zero-order valence-electron chi connectivity index (χ0n) is 8.51. The number of aliphatic hydroxyl groups excluding tert-OH is 1. The quantitative estimate of drug-likeness (QED) is 0.675. The summed E-state index contributed by atoms with van der Waals surface area (Å²) >= 11 is 0. The van der Waals surface area contributed by atoms with Crippen molar-refractivity contribution in [1.29, 1.82) is 0 Å². The Kier molecular flexibility index (Phi) is 2.01. The van der Waals surface area contributed by atoms with Gasteiger partial charge in [-0.3, -0.25) is 5.10 Å². The SMILES string of the molecule is OC1Nc2ccccc2/C1=C/c1ccn[nH]1. The number of para-hydroxylation sites is 1. The first kappa shape index (κ1) is 9.18. The van der Waals surface area contributed by atoms with Gasteiger partial charge in [-0.25, -0.2) is 0 Å². The molecule has 1 aliphatic rings. The molecule has 0 bridgehead atoms. The Hall–Kier alpha value is -2.07. The molecule has 1 aliphatic heterocycles. The Bertz CT molecular complexity index is 531. The van der Waals surface area contributed by atoms with Crippen molar-refractivity contribution in [2.75, 3.05) is 5.32 Å². The summed E-state index contributed by atoms with van der Waals surface area (Å²) in [7, 11) is 0. The number of aromatic nitrogens is 2. The lowest BCUT2D eigenvalue weighted by Crippen LogP contribution is -2.12. The number of fused-ring (bicyclic) bond motifs is 1. The first-order chi connectivity index (χ1) is 7.84. The summed E-state index contributed by atoms with van der Waals surface area (Å²) < 4.78 is 0. The van der Waals surface area contributed by atoms with Crippen LogP contribution in [0.2, 0.25) is 0 Å². The number of aliphatic hydroxyl groups is 1. The summed E-state index contributed by atoms with van der Waals surface area (Å²) in [5, 5.41) is 19.6. The Morgan fingerprint density at radius 2 is 2.12 bits per heavy atom. The Morgan fingerprint density at radius 3 is 2.94 bits per heavy atom. The molecule has 0 spiro atoms. The molecule has 1 atom stereocenters. The molecule has 0 saturated carbocycles. The lowest BCUT2D eigenvalue weighted by molar-refractivity contribution is 0.266. The Labute approximate surface area is 92.6 Å². The molecule has 3 rings (SSSR count). The third kappa shape index (κ3) is 1.40. The molecule has 0 aliphatic carbocycles. The second-order valence-corrected chi connectivity index (χ2v) is 3.70. The van der Waals surface area contributed by atoms with Crippen molar-refractivity contribution in [3.63, 3.8) is 0 Å². The maximum atomic E-state index is 9.90. The van der Waals surface area contributed by atoms with E-state index in [9.17, 15) is 5.11 Å². The predicted octanol–water partition coefficient (Wildman–Crippen LogP) is 1.69. The number of nitrogens with one attached hydrogen (secondary N) is 2. The van der Waals surface area contributed by atoms with Crippen LogP contribution in [0, 0.1) is 0 Å². The lowest BCUT2D eigenvalue weighted by atomic mass is 10.1. The van der Waals surface area contributed by atoms with Crippen molar-refractivity contribution >= 4 is 17.3 Å². The summed E-state index contributed by atoms with van der Waals surface area (Å²) in [5.74, 6) is 0. The van der Waals surface area contributed by atoms with Crippen LogP contribution in [0.25, 0.3) is 11.6 Å². The largest absolute Gasteiger partial charge is 0.369 e. The topological polar surface area (TPSA) is 60.9 Å². The van der Waals surface area contributed by atoms with Gasteiger partial charge < -0.3 is 10.4 Å². The van der Waals surface area contributed by atoms with Crippen LogP contribution in [0.3, 0.4) is 0 Å². The minimum atomic E-state index is -0.652. The summed E-state index contributed by atoms with van der Waals surface area (Å²) in [5.41, 5.74) is 3.73. The molecule has 0 saturated heterocycles. The molecule has 2 aromatic rings. The van der Waals surface area contributed by atoms with E-state index in [4.69, 9.17) is 0 Å². The van der Waals surface area contributed by atoms with E-state index < -0.39 is 6.23 Å². The fourth-order valence-corrected chi connectivity index (χ4v) is 1.90. The summed E-state index contributed by atoms with van der Waals surface area (Å²) in [6, 6.07) is 9.70. The number of nitrogens with zero attached hydrogens (tertiary/aromatic N) is 1. The van der Waals surface area contributed by atoms with Crippen LogP contribution >= 0.6 is 0 Å². The highest BCUT2D eigenvalue weighted by atomic mass is 16.3. The molecule has 4 nitrogen and oxygen atoms in total. The number of H-pyrrole nitrogens is 1. The van der Waals surface area contributed by atoms with Gasteiger partial charge in [-0.2, -0.15) is 5.10 Å². The van der Waals surface area contributed by atoms with Crippen LogP contribution in [0.5, 0.6) is 0 Å². The van der Waals surface area contributed by atoms with Crippen molar-refractivity contribution < 1.29 is 5.11 Å². The number of anilines is 1. The van der Waals surface area contributed by atoms with Crippen molar-refractivity contribution in [3.8, 4) is 0 Å². The van der Waals surface area contributed by atoms with Gasteiger partial charge in [-0.15, -0.1) is 0 Å². The first-order valence-corrected chi connectivity index (χ1v) is 5.09. The molecule has 0 radical (unpaired) electrons. The van der Waals surface area contributed by atoms with Crippen LogP contribution in [0.15, 0.2) is 36.5 Å². The fraction of sp³-hybridized carbons (Fsp3) is 0.0833. The average Bonchev–Trinajstić information content (AvgIpc) is 2.89. The summed E-state index contributed by atoms with van der Waals surface area (Å²) in [6.07, 6.45) is 2.93. The molecule has 0 fully saturated rings. The minimum Gasteiger partial charge on any atom is -0.369 e. The predicted molar refractivity (Wildman–Crippen MR) is 62.5 cm³/mol. The van der Waals surface area contributed by atoms with Gasteiger partial charge in [0.1, 0.15) is 0 Å². The van der Waals surface area contributed by atoms with E-state index in [-0.39, 0.29) is 0 Å². The zero-order chi connectivity index (χ0) is 11.0. The summed E-state index contributed by atoms with van der Waals surface area (Å²) in [6.45, 7) is 0. The van der Waals surface area contributed by atoms with E-state index in [0.29, 0.717) is 0 Å². The summed E-state index contributed by atoms with van der Waals surface area (Å²) in [4.78, 5) is 0. The molecule has 3 N–H and O–H groups in total. The van der Waals surface area contributed by atoms with Crippen LogP contribution in [0.1, 0.15) is 11.3 Å². The van der Waals surface area contributed by atoms with E-state index in [1.54, 1.807) is 6.20 Å². The second-order valence-electron chi connectivity index (χ2n) is 3.70. The van der Waals surface area contributed by atoms with E-state index in [2.05, 4.69) is 15.5 Å². The Morgan fingerprint density at radius 1 is 1.25 bits per heavy atom. The number of hydrogen-bond acceptors (Lipinski definition) is 3. The van der Waals surface area contributed by atoms with Gasteiger partial charge in [-0.1, -0.05) is 18.2 Å². The molecule has 1 unspecified atom stereocenters. The van der Waals surface area contributed by atoms with Gasteiger partial charge in [0.25, 0.3) is 0 Å². The fourth-order valence-electron chi connectivity index (χ4n) is 1.90. The van der Waals surface area contributed by atoms with Gasteiger partial charge in [0.15, 0.2) is 6.23 Å². The van der Waals surface area contributed by atoms with Crippen molar-refractivity contribution in [2.45, 2.75) is 6.23 Å². The molecule has 0 amide bonds. The van der Waals surface area contributed by atoms with Crippen molar-refractivity contribution in [2.24, 2.45) is 0 Å². The maximum Gasteiger partial charge on any atom is 0.151 e. The number of benzene rings is 1. The maximum absolute atomic E-state index is 9.90. The number of rotatable bonds is 1. The highest BCUT2D eigenvalue weighted by Gasteiger charge is 2.23. The van der Waals surface area contributed by atoms with Gasteiger partial charge in [0.2, 0.25) is 0 Å². The van der Waals surface area contributed by atoms with Crippen LogP contribution in [-0.2, 0) is 0 Å². The van der Waals surface area contributed by atoms with E-state index >= 15 is 0 Å². The monoisotopic (exact) mass is 213 g/mol. The smallest absolute Gasteiger partial charge is 0.151 e. The van der Waals surface area contributed by atoms with Crippen LogP contribution in [-0.4, -0.2) is 21.5 Å². The Balaban J connectivity index is 2.08. The lowest BCUT2D eigenvalue weighted by Gasteiger charge is -2.04. The molecular weight excluding hydrogens is 202 g/mol. The van der Waals surface area contributed by atoms with E-state index in [0.717, 1.165) is 22.5 Å². The number of aromatic amines is 1. The van der Waals surface area contributed by atoms with Gasteiger partial charge >= 0.3 is 0 Å². The first-order valence-electron chi connectivity index (χ1n) is 5.09. The molecule has 1 aromatic carbocycles. The highest BCUT2D eigenvalue weighted by molar-refractivity contribution is 5.93. The average molecular weight is 213 g/mol. The molecule has 16 heavy (non-hydrogen) atoms. The van der Waals surface area contributed by atoms with Crippen molar-refractivity contribution in [1.82, 2.24) is 10.2 Å². The highest BCUT2D eigenvalue weighted by Crippen LogP contribution is 2.34. The van der Waals surface area contributed by atoms with Gasteiger partial charge in [0, 0.05) is 23.0 Å². The van der Waals surface area contributed by atoms with Gasteiger partial charge in [0.05, 0.1) is 5.69 Å². The van der Waals surface area contributed by atoms with Crippen LogP contribution in [0.4, 0.5) is 5.69 Å².